The summed E-state index contributed by atoms with van der Waals surface area (Å²) in [6.07, 6.45) is 3.95. The van der Waals surface area contributed by atoms with Gasteiger partial charge in [-0.1, -0.05) is 17.7 Å². The molecule has 1 aromatic rings. The summed E-state index contributed by atoms with van der Waals surface area (Å²) >= 11 is 6.19. The third-order valence-electron chi connectivity index (χ3n) is 5.51. The second-order valence-electron chi connectivity index (χ2n) is 7.83. The summed E-state index contributed by atoms with van der Waals surface area (Å²) in [6, 6.07) is 6.07. The van der Waals surface area contributed by atoms with Crippen LogP contribution in [0.2, 0.25) is 5.02 Å². The van der Waals surface area contributed by atoms with E-state index < -0.39 is 0 Å². The zero-order valence-corrected chi connectivity index (χ0v) is 17.4. The van der Waals surface area contributed by atoms with E-state index in [0.29, 0.717) is 29.7 Å². The molecule has 3 rings (SSSR count). The number of rotatable bonds is 6. The first-order valence-corrected chi connectivity index (χ1v) is 10.3. The van der Waals surface area contributed by atoms with Crippen LogP contribution in [0.15, 0.2) is 18.2 Å². The standard InChI is InChI=1S/C21H31ClN2O3/c1-15-12-23(13-16(2)27-15)14-18-5-4-10-24(18)21(25)9-7-17-6-8-20(26-3)19(22)11-17/h6,8,11,15-16,18H,4-5,7,9-10,12-14H2,1-3H3. The number of hydrogen-bond acceptors (Lipinski definition) is 4. The van der Waals surface area contributed by atoms with E-state index in [2.05, 4.69) is 23.6 Å². The Balaban J connectivity index is 1.53. The van der Waals surface area contributed by atoms with Crippen LogP contribution in [0, 0.1) is 0 Å². The van der Waals surface area contributed by atoms with E-state index in [4.69, 9.17) is 21.1 Å². The number of halogens is 1. The Morgan fingerprint density at radius 1 is 1.30 bits per heavy atom. The Morgan fingerprint density at radius 2 is 2.04 bits per heavy atom. The largest absolute Gasteiger partial charge is 0.495 e. The fourth-order valence-electron chi connectivity index (χ4n) is 4.35. The molecule has 6 heteroatoms. The number of morpholine rings is 1. The molecule has 0 bridgehead atoms. The number of aryl methyl sites for hydroxylation is 1. The van der Waals surface area contributed by atoms with Crippen molar-refractivity contribution >= 4 is 17.5 Å². The molecule has 0 spiro atoms. The molecule has 1 amide bonds. The second kappa shape index (κ2) is 9.26. The number of ether oxygens (including phenoxy) is 2. The number of amides is 1. The van der Waals surface area contributed by atoms with E-state index in [1.807, 2.05) is 18.2 Å². The predicted molar refractivity (Wildman–Crippen MR) is 108 cm³/mol. The van der Waals surface area contributed by atoms with Gasteiger partial charge < -0.3 is 14.4 Å². The lowest BCUT2D eigenvalue weighted by Gasteiger charge is -2.38. The smallest absolute Gasteiger partial charge is 0.223 e. The number of likely N-dealkylation sites (tertiary alicyclic amines) is 1. The summed E-state index contributed by atoms with van der Waals surface area (Å²) < 4.78 is 11.0. The molecular formula is C21H31ClN2O3. The van der Waals surface area contributed by atoms with Crippen LogP contribution in [0.3, 0.4) is 0 Å². The fourth-order valence-corrected chi connectivity index (χ4v) is 4.63. The average molecular weight is 395 g/mol. The number of carbonyl (C=O) groups is 1. The highest BCUT2D eigenvalue weighted by Crippen LogP contribution is 2.26. The molecule has 0 radical (unpaired) electrons. The molecule has 0 aromatic heterocycles. The SMILES string of the molecule is COc1ccc(CCC(=O)N2CCCC2CN2CC(C)OC(C)C2)cc1Cl. The van der Waals surface area contributed by atoms with Crippen molar-refractivity contribution in [3.63, 3.8) is 0 Å². The quantitative estimate of drug-likeness (QED) is 0.741. The van der Waals surface area contributed by atoms with Crippen LogP contribution in [0.25, 0.3) is 0 Å². The third-order valence-corrected chi connectivity index (χ3v) is 5.80. The Labute approximate surface area is 167 Å². The number of methoxy groups -OCH3 is 1. The van der Waals surface area contributed by atoms with Crippen molar-refractivity contribution < 1.29 is 14.3 Å². The topological polar surface area (TPSA) is 42.0 Å². The maximum Gasteiger partial charge on any atom is 0.223 e. The van der Waals surface area contributed by atoms with Gasteiger partial charge in [0.1, 0.15) is 5.75 Å². The van der Waals surface area contributed by atoms with E-state index >= 15 is 0 Å². The van der Waals surface area contributed by atoms with Crippen LogP contribution < -0.4 is 4.74 Å². The van der Waals surface area contributed by atoms with Gasteiger partial charge in [0.2, 0.25) is 5.91 Å². The first kappa shape index (κ1) is 20.4. The van der Waals surface area contributed by atoms with Crippen molar-refractivity contribution in [1.82, 2.24) is 9.80 Å². The fraction of sp³-hybridized carbons (Fsp3) is 0.667. The van der Waals surface area contributed by atoms with Gasteiger partial charge in [-0.05, 0) is 50.8 Å². The molecular weight excluding hydrogens is 364 g/mol. The Morgan fingerprint density at radius 3 is 2.70 bits per heavy atom. The van der Waals surface area contributed by atoms with E-state index in [0.717, 1.165) is 44.6 Å². The molecule has 3 unspecified atom stereocenters. The lowest BCUT2D eigenvalue weighted by atomic mass is 10.1. The molecule has 1 aromatic carbocycles. The van der Waals surface area contributed by atoms with Crippen LogP contribution in [-0.2, 0) is 16.0 Å². The minimum absolute atomic E-state index is 0.249. The molecule has 2 fully saturated rings. The normalized spacial score (nSPS) is 26.4. The molecule has 2 saturated heterocycles. The number of nitrogens with zero attached hydrogens (tertiary/aromatic N) is 2. The Bertz CT molecular complexity index is 644. The first-order valence-electron chi connectivity index (χ1n) is 9.96. The summed E-state index contributed by atoms with van der Waals surface area (Å²) in [7, 11) is 1.61. The summed E-state index contributed by atoms with van der Waals surface area (Å²) in [5.41, 5.74) is 1.07. The molecule has 0 aliphatic carbocycles. The summed E-state index contributed by atoms with van der Waals surface area (Å²) in [6.45, 7) is 7.99. The van der Waals surface area contributed by atoms with E-state index in [9.17, 15) is 4.79 Å². The van der Waals surface area contributed by atoms with Gasteiger partial charge in [-0.2, -0.15) is 0 Å². The molecule has 2 aliphatic rings. The summed E-state index contributed by atoms with van der Waals surface area (Å²) in [5, 5.41) is 0.594. The van der Waals surface area contributed by atoms with Crippen LogP contribution in [0.1, 0.15) is 38.7 Å². The van der Waals surface area contributed by atoms with E-state index in [-0.39, 0.29) is 18.1 Å². The maximum atomic E-state index is 12.8. The maximum absolute atomic E-state index is 12.8. The Kier molecular flexibility index (Phi) is 7.01. The van der Waals surface area contributed by atoms with Gasteiger partial charge in [-0.15, -0.1) is 0 Å². The van der Waals surface area contributed by atoms with Crippen molar-refractivity contribution in [2.24, 2.45) is 0 Å². The summed E-state index contributed by atoms with van der Waals surface area (Å²) in [4.78, 5) is 17.4. The van der Waals surface area contributed by atoms with Crippen molar-refractivity contribution in [2.45, 2.75) is 57.8 Å². The van der Waals surface area contributed by atoms with Gasteiger partial charge in [-0.3, -0.25) is 9.69 Å². The molecule has 5 nitrogen and oxygen atoms in total. The van der Waals surface area contributed by atoms with Crippen LogP contribution >= 0.6 is 11.6 Å². The van der Waals surface area contributed by atoms with Crippen LogP contribution in [-0.4, -0.2) is 67.2 Å². The molecule has 0 saturated carbocycles. The third kappa shape index (κ3) is 5.37. The van der Waals surface area contributed by atoms with Gasteiger partial charge >= 0.3 is 0 Å². The number of carbonyl (C=O) groups excluding carboxylic acids is 1. The predicted octanol–water partition coefficient (Wildman–Crippen LogP) is 3.38. The number of benzene rings is 1. The number of hydrogen-bond donors (Lipinski definition) is 0. The second-order valence-corrected chi connectivity index (χ2v) is 8.24. The highest BCUT2D eigenvalue weighted by atomic mass is 35.5. The molecule has 2 aliphatic heterocycles. The lowest BCUT2D eigenvalue weighted by molar-refractivity contribution is -0.133. The molecule has 27 heavy (non-hydrogen) atoms. The highest BCUT2D eigenvalue weighted by molar-refractivity contribution is 6.32. The van der Waals surface area contributed by atoms with Gasteiger partial charge in [0.05, 0.1) is 24.3 Å². The first-order chi connectivity index (χ1) is 13.0. The van der Waals surface area contributed by atoms with Crippen molar-refractivity contribution in [3.05, 3.63) is 28.8 Å². The molecule has 150 valence electrons. The van der Waals surface area contributed by atoms with Crippen molar-refractivity contribution in [3.8, 4) is 5.75 Å². The highest BCUT2D eigenvalue weighted by Gasteiger charge is 2.32. The van der Waals surface area contributed by atoms with E-state index in [1.54, 1.807) is 7.11 Å². The lowest BCUT2D eigenvalue weighted by Crippen LogP contribution is -2.50. The van der Waals surface area contributed by atoms with Crippen molar-refractivity contribution in [2.75, 3.05) is 33.3 Å². The zero-order chi connectivity index (χ0) is 19.4. The van der Waals surface area contributed by atoms with Crippen LogP contribution in [0.4, 0.5) is 0 Å². The minimum Gasteiger partial charge on any atom is -0.495 e. The average Bonchev–Trinajstić information content (AvgIpc) is 3.07. The van der Waals surface area contributed by atoms with Crippen LogP contribution in [0.5, 0.6) is 5.75 Å². The van der Waals surface area contributed by atoms with E-state index in [1.165, 1.54) is 0 Å². The monoisotopic (exact) mass is 394 g/mol. The van der Waals surface area contributed by atoms with Gasteiger partial charge in [-0.25, -0.2) is 0 Å². The zero-order valence-electron chi connectivity index (χ0n) is 16.6. The minimum atomic E-state index is 0.249. The molecule has 2 heterocycles. The van der Waals surface area contributed by atoms with Gasteiger partial charge in [0.15, 0.2) is 0 Å². The Hall–Kier alpha value is -1.30. The molecule has 3 atom stereocenters. The molecule has 0 N–H and O–H groups in total. The van der Waals surface area contributed by atoms with Crippen molar-refractivity contribution in [1.29, 1.82) is 0 Å². The summed E-state index contributed by atoms with van der Waals surface area (Å²) in [5.74, 6) is 0.916. The van der Waals surface area contributed by atoms with Gasteiger partial charge in [0, 0.05) is 38.6 Å². The van der Waals surface area contributed by atoms with Gasteiger partial charge in [0.25, 0.3) is 0 Å².